The molecule has 0 unspecified atom stereocenters. The van der Waals surface area contributed by atoms with Crippen molar-refractivity contribution in [1.82, 2.24) is 19.8 Å². The summed E-state index contributed by atoms with van der Waals surface area (Å²) in [7, 11) is 8.55. The van der Waals surface area contributed by atoms with Gasteiger partial charge in [-0.15, -0.1) is 0 Å². The van der Waals surface area contributed by atoms with E-state index in [0.717, 1.165) is 63.2 Å². The topological polar surface area (TPSA) is 96.9 Å². The number of hydrogen-bond acceptors (Lipinski definition) is 8. The number of carbonyl (C=O) groups is 2. The first-order valence-corrected chi connectivity index (χ1v) is 14.7. The molecule has 0 bridgehead atoms. The number of aromatic nitrogens is 2. The number of nitrogens with zero attached hydrogens (tertiary/aromatic N) is 6. The van der Waals surface area contributed by atoms with Crippen LogP contribution in [0.15, 0.2) is 60.9 Å². The van der Waals surface area contributed by atoms with Crippen molar-refractivity contribution in [3.63, 3.8) is 0 Å². The highest BCUT2D eigenvalue weighted by Crippen LogP contribution is 2.25. The summed E-state index contributed by atoms with van der Waals surface area (Å²) in [6.45, 7) is 4.06. The van der Waals surface area contributed by atoms with Crippen molar-refractivity contribution in [2.45, 2.75) is 37.8 Å². The Kier molecular flexibility index (Phi) is 9.34. The highest BCUT2D eigenvalue weighted by Gasteiger charge is 2.22. The molecule has 10 heteroatoms. The molecule has 2 aliphatic rings. The lowest BCUT2D eigenvalue weighted by molar-refractivity contribution is 0.102. The van der Waals surface area contributed by atoms with E-state index >= 15 is 0 Å². The van der Waals surface area contributed by atoms with Crippen molar-refractivity contribution in [1.29, 1.82) is 0 Å². The number of carbonyl (C=O) groups excluding carboxylic acids is 2. The fourth-order valence-corrected chi connectivity index (χ4v) is 5.79. The number of anilines is 4. The van der Waals surface area contributed by atoms with E-state index in [1.807, 2.05) is 48.5 Å². The number of nitrogens with one attached hydrogen (secondary N) is 2. The average Bonchev–Trinajstić information content (AvgIpc) is 3.02. The van der Waals surface area contributed by atoms with Gasteiger partial charge in [0.05, 0.1) is 0 Å². The van der Waals surface area contributed by atoms with Crippen molar-refractivity contribution in [3.8, 4) is 0 Å². The van der Waals surface area contributed by atoms with E-state index in [0.29, 0.717) is 23.5 Å². The molecule has 2 aliphatic heterocycles. The summed E-state index contributed by atoms with van der Waals surface area (Å²) in [6.07, 6.45) is 5.78. The fraction of sp³-hybridized carbons (Fsp3) is 0.438. The Morgan fingerprint density at radius 2 is 1.00 bits per heavy atom. The Hall–Kier alpha value is -4.02. The molecular weight excluding hydrogens is 528 g/mol. The monoisotopic (exact) mass is 570 g/mol. The van der Waals surface area contributed by atoms with Crippen molar-refractivity contribution in [2.75, 3.05) is 74.8 Å². The average molecular weight is 571 g/mol. The van der Waals surface area contributed by atoms with Gasteiger partial charge >= 0.3 is 0 Å². The van der Waals surface area contributed by atoms with Crippen LogP contribution in [0.3, 0.4) is 0 Å². The minimum Gasteiger partial charge on any atom is -0.371 e. The third kappa shape index (κ3) is 7.24. The molecule has 42 heavy (non-hydrogen) atoms. The molecular formula is C32H42N8O2. The van der Waals surface area contributed by atoms with E-state index in [4.69, 9.17) is 0 Å². The Bertz CT molecular complexity index is 1240. The molecule has 1 aromatic heterocycles. The lowest BCUT2D eigenvalue weighted by Gasteiger charge is -2.36. The molecule has 0 atom stereocenters. The first-order valence-electron chi connectivity index (χ1n) is 14.7. The van der Waals surface area contributed by atoms with Crippen LogP contribution < -0.4 is 20.4 Å². The standard InChI is InChI=1S/C32H42N8O2/c1-37(2)25-13-17-39(18-14-25)27-9-5-23(6-10-27)35-31(41)29-21-30(34-22-33-29)32(42)36-24-7-11-28(12-8-24)40-19-15-26(16-20-40)38(3)4/h5-12,21-22,25-26H,13-20H2,1-4H3,(H,35,41)(H,36,42). The molecule has 2 aromatic carbocycles. The second-order valence-corrected chi connectivity index (χ2v) is 11.7. The zero-order chi connectivity index (χ0) is 29.6. The lowest BCUT2D eigenvalue weighted by Crippen LogP contribution is -2.41. The van der Waals surface area contributed by atoms with Gasteiger partial charge in [-0.3, -0.25) is 9.59 Å². The molecule has 0 aliphatic carbocycles. The summed E-state index contributed by atoms with van der Waals surface area (Å²) in [5.74, 6) is -0.790. The van der Waals surface area contributed by atoms with Crippen molar-refractivity contribution in [2.24, 2.45) is 0 Å². The van der Waals surface area contributed by atoms with E-state index in [1.165, 1.54) is 12.4 Å². The molecule has 222 valence electrons. The maximum absolute atomic E-state index is 12.9. The van der Waals surface area contributed by atoms with Crippen LogP contribution in [-0.4, -0.2) is 98.0 Å². The summed E-state index contributed by atoms with van der Waals surface area (Å²) >= 11 is 0. The van der Waals surface area contributed by atoms with E-state index < -0.39 is 11.8 Å². The van der Waals surface area contributed by atoms with Crippen LogP contribution in [0.5, 0.6) is 0 Å². The van der Waals surface area contributed by atoms with Crippen LogP contribution >= 0.6 is 0 Å². The molecule has 3 heterocycles. The molecule has 10 nitrogen and oxygen atoms in total. The van der Waals surface area contributed by atoms with Gasteiger partial charge in [-0.25, -0.2) is 9.97 Å². The third-order valence-electron chi connectivity index (χ3n) is 8.50. The summed E-state index contributed by atoms with van der Waals surface area (Å²) in [5.41, 5.74) is 3.88. The molecule has 3 aromatic rings. The van der Waals surface area contributed by atoms with Gasteiger partial charge in [0.2, 0.25) is 0 Å². The molecule has 2 amide bonds. The van der Waals surface area contributed by atoms with Crippen LogP contribution in [0.2, 0.25) is 0 Å². The molecule has 0 radical (unpaired) electrons. The Morgan fingerprint density at radius 1 is 0.643 bits per heavy atom. The van der Waals surface area contributed by atoms with Crippen LogP contribution in [0.4, 0.5) is 22.7 Å². The Balaban J connectivity index is 1.14. The fourth-order valence-electron chi connectivity index (χ4n) is 5.79. The number of rotatable bonds is 8. The van der Waals surface area contributed by atoms with Crippen LogP contribution in [0.1, 0.15) is 46.7 Å². The summed E-state index contributed by atoms with van der Waals surface area (Å²) in [4.78, 5) is 43.4. The maximum Gasteiger partial charge on any atom is 0.274 e. The Morgan fingerprint density at radius 3 is 1.33 bits per heavy atom. The summed E-state index contributed by atoms with van der Waals surface area (Å²) in [6, 6.07) is 18.4. The van der Waals surface area contributed by atoms with Gasteiger partial charge in [-0.05, 0) is 102 Å². The number of benzene rings is 2. The number of amides is 2. The Labute approximate surface area is 248 Å². The van der Waals surface area contributed by atoms with Crippen molar-refractivity contribution >= 4 is 34.6 Å². The molecule has 2 fully saturated rings. The molecule has 0 spiro atoms. The number of piperidine rings is 2. The molecule has 2 saturated heterocycles. The zero-order valence-corrected chi connectivity index (χ0v) is 25.1. The number of hydrogen-bond donors (Lipinski definition) is 2. The maximum atomic E-state index is 12.9. The molecule has 0 saturated carbocycles. The largest absolute Gasteiger partial charge is 0.371 e. The summed E-state index contributed by atoms with van der Waals surface area (Å²) < 4.78 is 0. The van der Waals surface area contributed by atoms with E-state index in [-0.39, 0.29) is 11.4 Å². The minimum absolute atomic E-state index is 0.126. The third-order valence-corrected chi connectivity index (χ3v) is 8.50. The second-order valence-electron chi connectivity index (χ2n) is 11.7. The van der Waals surface area contributed by atoms with Gasteiger partial charge in [0.25, 0.3) is 11.8 Å². The van der Waals surface area contributed by atoms with Crippen LogP contribution in [0, 0.1) is 0 Å². The van der Waals surface area contributed by atoms with Crippen LogP contribution in [0.25, 0.3) is 0 Å². The first kappa shape index (κ1) is 29.5. The first-order chi connectivity index (χ1) is 20.3. The zero-order valence-electron chi connectivity index (χ0n) is 25.1. The van der Waals surface area contributed by atoms with Gasteiger partial charge < -0.3 is 30.2 Å². The molecule has 5 rings (SSSR count). The SMILES string of the molecule is CN(C)C1CCN(c2ccc(NC(=O)c3cc(C(=O)Nc4ccc(N5CCC(N(C)C)CC5)cc4)ncn3)cc2)CC1. The van der Waals surface area contributed by atoms with E-state index in [9.17, 15) is 9.59 Å². The van der Waals surface area contributed by atoms with Crippen molar-refractivity contribution < 1.29 is 9.59 Å². The van der Waals surface area contributed by atoms with E-state index in [2.05, 4.69) is 68.4 Å². The normalized spacial score (nSPS) is 16.6. The van der Waals surface area contributed by atoms with Gasteiger partial charge in [0.1, 0.15) is 17.7 Å². The van der Waals surface area contributed by atoms with Gasteiger partial charge in [-0.2, -0.15) is 0 Å². The second kappa shape index (κ2) is 13.3. The van der Waals surface area contributed by atoms with Crippen molar-refractivity contribution in [3.05, 3.63) is 72.3 Å². The van der Waals surface area contributed by atoms with Gasteiger partial charge in [0.15, 0.2) is 0 Å². The predicted molar refractivity (Wildman–Crippen MR) is 169 cm³/mol. The van der Waals surface area contributed by atoms with Crippen LogP contribution in [-0.2, 0) is 0 Å². The highest BCUT2D eigenvalue weighted by atomic mass is 16.2. The quantitative estimate of drug-likeness (QED) is 0.419. The molecule has 2 N–H and O–H groups in total. The highest BCUT2D eigenvalue weighted by molar-refractivity contribution is 6.07. The van der Waals surface area contributed by atoms with Gasteiger partial charge in [-0.1, -0.05) is 0 Å². The van der Waals surface area contributed by atoms with Gasteiger partial charge in [0, 0.05) is 67.1 Å². The minimum atomic E-state index is -0.395. The lowest BCUT2D eigenvalue weighted by atomic mass is 10.0. The predicted octanol–water partition coefficient (Wildman–Crippen LogP) is 4.04. The summed E-state index contributed by atoms with van der Waals surface area (Å²) in [5, 5.41) is 5.76. The van der Waals surface area contributed by atoms with E-state index in [1.54, 1.807) is 0 Å². The smallest absolute Gasteiger partial charge is 0.274 e.